The van der Waals surface area contributed by atoms with Crippen LogP contribution in [0.25, 0.3) is 0 Å². The van der Waals surface area contributed by atoms with Gasteiger partial charge in [-0.1, -0.05) is 36.4 Å². The fraction of sp³-hybridized carbons (Fsp3) is 0.304. The lowest BCUT2D eigenvalue weighted by Gasteiger charge is -2.22. The van der Waals surface area contributed by atoms with E-state index in [0.29, 0.717) is 6.61 Å². The number of benzene rings is 2. The summed E-state index contributed by atoms with van der Waals surface area (Å²) in [7, 11) is 3.85. The molecule has 0 unspecified atom stereocenters. The summed E-state index contributed by atoms with van der Waals surface area (Å²) in [5.74, 6) is 1.76. The molecule has 0 aliphatic heterocycles. The lowest BCUT2D eigenvalue weighted by atomic mass is 10.1. The van der Waals surface area contributed by atoms with E-state index in [1.54, 1.807) is 6.20 Å². The molecule has 1 N–H and O–H groups in total. The Morgan fingerprint density at radius 3 is 2.62 bits per heavy atom. The van der Waals surface area contributed by atoms with Crippen molar-refractivity contribution in [2.75, 3.05) is 20.7 Å². The number of aliphatic imine (C=N–C) groups is 1. The Kier molecular flexibility index (Phi) is 7.28. The maximum absolute atomic E-state index is 5.51. The van der Waals surface area contributed by atoms with E-state index in [1.165, 1.54) is 16.7 Å². The Morgan fingerprint density at radius 2 is 1.93 bits per heavy atom. The SMILES string of the molecule is CCOc1ccc(CN(C)C(=NC)NCc2cccc(Cn3ccnc3)c2)cc1. The third-order valence-electron chi connectivity index (χ3n) is 4.59. The molecule has 0 spiro atoms. The molecule has 3 aromatic rings. The van der Waals surface area contributed by atoms with Gasteiger partial charge in [0.05, 0.1) is 12.9 Å². The van der Waals surface area contributed by atoms with Gasteiger partial charge < -0.3 is 19.5 Å². The zero-order valence-corrected chi connectivity index (χ0v) is 17.4. The molecule has 6 heteroatoms. The number of rotatable bonds is 8. The van der Waals surface area contributed by atoms with E-state index in [9.17, 15) is 0 Å². The average Bonchev–Trinajstić information content (AvgIpc) is 3.23. The minimum atomic E-state index is 0.680. The highest BCUT2D eigenvalue weighted by Gasteiger charge is 2.07. The van der Waals surface area contributed by atoms with Gasteiger partial charge in [0.2, 0.25) is 0 Å². The van der Waals surface area contributed by atoms with Crippen molar-refractivity contribution in [1.82, 2.24) is 19.8 Å². The molecule has 0 amide bonds. The van der Waals surface area contributed by atoms with Crippen LogP contribution < -0.4 is 10.1 Å². The Hall–Kier alpha value is -3.28. The van der Waals surface area contributed by atoms with Crippen LogP contribution in [0.5, 0.6) is 5.75 Å². The van der Waals surface area contributed by atoms with E-state index >= 15 is 0 Å². The summed E-state index contributed by atoms with van der Waals surface area (Å²) in [5, 5.41) is 3.46. The normalized spacial score (nSPS) is 11.3. The van der Waals surface area contributed by atoms with E-state index < -0.39 is 0 Å². The van der Waals surface area contributed by atoms with Crippen LogP contribution in [-0.4, -0.2) is 41.1 Å². The molecule has 0 aliphatic rings. The molecule has 0 atom stereocenters. The predicted octanol–water partition coefficient (Wildman–Crippen LogP) is 3.54. The Labute approximate surface area is 172 Å². The molecule has 2 aromatic carbocycles. The third-order valence-corrected chi connectivity index (χ3v) is 4.59. The zero-order valence-electron chi connectivity index (χ0n) is 17.4. The van der Waals surface area contributed by atoms with Gasteiger partial charge in [-0.05, 0) is 35.7 Å². The molecule has 152 valence electrons. The Bertz CT molecular complexity index is 903. The van der Waals surface area contributed by atoms with Crippen molar-refractivity contribution in [3.05, 3.63) is 83.9 Å². The number of ether oxygens (including phenoxy) is 1. The standard InChI is InChI=1S/C23H29N5O/c1-4-29-22-10-8-19(9-11-22)16-27(3)23(24-2)26-15-20-6-5-7-21(14-20)17-28-13-12-25-18-28/h5-14,18H,4,15-17H2,1-3H3,(H,24,26). The Morgan fingerprint density at radius 1 is 1.14 bits per heavy atom. The monoisotopic (exact) mass is 391 g/mol. The fourth-order valence-electron chi connectivity index (χ4n) is 3.20. The second-order valence-electron chi connectivity index (χ2n) is 6.89. The first-order chi connectivity index (χ1) is 14.2. The molecule has 29 heavy (non-hydrogen) atoms. The number of nitrogens with zero attached hydrogens (tertiary/aromatic N) is 4. The van der Waals surface area contributed by atoms with Crippen LogP contribution >= 0.6 is 0 Å². The predicted molar refractivity (Wildman–Crippen MR) is 117 cm³/mol. The van der Waals surface area contributed by atoms with Crippen LogP contribution in [0.2, 0.25) is 0 Å². The topological polar surface area (TPSA) is 54.7 Å². The summed E-state index contributed by atoms with van der Waals surface area (Å²) >= 11 is 0. The van der Waals surface area contributed by atoms with Crippen molar-refractivity contribution < 1.29 is 4.74 Å². The molecule has 0 bridgehead atoms. The number of imidazole rings is 1. The molecule has 0 aliphatic carbocycles. The summed E-state index contributed by atoms with van der Waals surface area (Å²) in [5.41, 5.74) is 3.68. The van der Waals surface area contributed by atoms with Gasteiger partial charge in [0.15, 0.2) is 5.96 Å². The van der Waals surface area contributed by atoms with Crippen LogP contribution in [-0.2, 0) is 19.6 Å². The minimum Gasteiger partial charge on any atom is -0.494 e. The van der Waals surface area contributed by atoms with Crippen molar-refractivity contribution in [3.8, 4) is 5.75 Å². The largest absolute Gasteiger partial charge is 0.494 e. The third kappa shape index (κ3) is 6.10. The van der Waals surface area contributed by atoms with Gasteiger partial charge in [-0.25, -0.2) is 4.98 Å². The molecular formula is C23H29N5O. The molecule has 0 fully saturated rings. The number of hydrogen-bond acceptors (Lipinski definition) is 3. The van der Waals surface area contributed by atoms with Crippen molar-refractivity contribution in [2.24, 2.45) is 4.99 Å². The van der Waals surface area contributed by atoms with Crippen LogP contribution in [0.15, 0.2) is 72.2 Å². The summed E-state index contributed by atoms with van der Waals surface area (Å²) in [6.07, 6.45) is 5.61. The van der Waals surface area contributed by atoms with Gasteiger partial charge in [-0.15, -0.1) is 0 Å². The zero-order chi connectivity index (χ0) is 20.5. The van der Waals surface area contributed by atoms with E-state index in [4.69, 9.17) is 4.74 Å². The van der Waals surface area contributed by atoms with E-state index in [-0.39, 0.29) is 0 Å². The van der Waals surface area contributed by atoms with Gasteiger partial charge in [0, 0.05) is 46.1 Å². The molecule has 0 radical (unpaired) electrons. The number of guanidine groups is 1. The first-order valence-electron chi connectivity index (χ1n) is 9.85. The van der Waals surface area contributed by atoms with E-state index in [0.717, 1.165) is 31.3 Å². The van der Waals surface area contributed by atoms with Gasteiger partial charge in [0.25, 0.3) is 0 Å². The van der Waals surface area contributed by atoms with Gasteiger partial charge >= 0.3 is 0 Å². The van der Waals surface area contributed by atoms with Crippen LogP contribution in [0.4, 0.5) is 0 Å². The molecule has 1 aromatic heterocycles. The van der Waals surface area contributed by atoms with Crippen molar-refractivity contribution in [1.29, 1.82) is 0 Å². The van der Waals surface area contributed by atoms with Crippen LogP contribution in [0.3, 0.4) is 0 Å². The van der Waals surface area contributed by atoms with E-state index in [1.807, 2.05) is 45.7 Å². The van der Waals surface area contributed by atoms with Gasteiger partial charge in [0.1, 0.15) is 5.75 Å². The maximum atomic E-state index is 5.51. The second kappa shape index (κ2) is 10.3. The van der Waals surface area contributed by atoms with Crippen LogP contribution in [0.1, 0.15) is 23.6 Å². The summed E-state index contributed by atoms with van der Waals surface area (Å²) in [6, 6.07) is 16.8. The number of nitrogens with one attached hydrogen (secondary N) is 1. The summed E-state index contributed by atoms with van der Waals surface area (Å²) < 4.78 is 7.58. The first kappa shape index (κ1) is 20.5. The number of aromatic nitrogens is 2. The summed E-state index contributed by atoms with van der Waals surface area (Å²) in [6.45, 7) is 4.98. The molecule has 0 saturated carbocycles. The van der Waals surface area contributed by atoms with Crippen molar-refractivity contribution in [3.63, 3.8) is 0 Å². The van der Waals surface area contributed by atoms with Crippen molar-refractivity contribution >= 4 is 5.96 Å². The highest BCUT2D eigenvalue weighted by Crippen LogP contribution is 2.13. The second-order valence-corrected chi connectivity index (χ2v) is 6.89. The average molecular weight is 392 g/mol. The molecule has 6 nitrogen and oxygen atoms in total. The highest BCUT2D eigenvalue weighted by molar-refractivity contribution is 5.79. The molecular weight excluding hydrogens is 362 g/mol. The Balaban J connectivity index is 1.55. The van der Waals surface area contributed by atoms with Crippen LogP contribution in [0, 0.1) is 0 Å². The number of hydrogen-bond donors (Lipinski definition) is 1. The minimum absolute atomic E-state index is 0.680. The summed E-state index contributed by atoms with van der Waals surface area (Å²) in [4.78, 5) is 10.6. The van der Waals surface area contributed by atoms with Gasteiger partial charge in [-0.3, -0.25) is 4.99 Å². The first-order valence-corrected chi connectivity index (χ1v) is 9.85. The smallest absolute Gasteiger partial charge is 0.193 e. The quantitative estimate of drug-likeness (QED) is 0.471. The van der Waals surface area contributed by atoms with E-state index in [2.05, 4.69) is 61.2 Å². The molecule has 1 heterocycles. The van der Waals surface area contributed by atoms with Gasteiger partial charge in [-0.2, -0.15) is 0 Å². The fourth-order valence-corrected chi connectivity index (χ4v) is 3.20. The molecule has 0 saturated heterocycles. The highest BCUT2D eigenvalue weighted by atomic mass is 16.5. The van der Waals surface area contributed by atoms with Crippen molar-refractivity contribution in [2.45, 2.75) is 26.6 Å². The lowest BCUT2D eigenvalue weighted by Crippen LogP contribution is -2.38. The maximum Gasteiger partial charge on any atom is 0.193 e. The lowest BCUT2D eigenvalue weighted by molar-refractivity contribution is 0.340. The molecule has 3 rings (SSSR count).